The Morgan fingerprint density at radius 1 is 1.60 bits per heavy atom. The summed E-state index contributed by atoms with van der Waals surface area (Å²) in [5.74, 6) is 0.750. The van der Waals surface area contributed by atoms with Gasteiger partial charge in [-0.25, -0.2) is 0 Å². The van der Waals surface area contributed by atoms with Crippen molar-refractivity contribution < 1.29 is 4.79 Å². The second-order valence-electron chi connectivity index (χ2n) is 4.86. The van der Waals surface area contributed by atoms with Crippen LogP contribution < -0.4 is 0 Å². The number of rotatable bonds is 2. The Hall–Kier alpha value is -1.04. The lowest BCUT2D eigenvalue weighted by molar-refractivity contribution is -0.136. The molecule has 1 amide bonds. The van der Waals surface area contributed by atoms with Gasteiger partial charge in [0.15, 0.2) is 0 Å². The van der Waals surface area contributed by atoms with E-state index < -0.39 is 5.41 Å². The van der Waals surface area contributed by atoms with Crippen LogP contribution in [0.2, 0.25) is 0 Å². The Labute approximate surface area is 91.1 Å². The zero-order chi connectivity index (χ0) is 10.9. The second kappa shape index (κ2) is 3.84. The lowest BCUT2D eigenvalue weighted by Gasteiger charge is -2.33. The standard InChI is InChI=1S/C12H18N2O/c1-2-10-4-3-7-14(8-10)11(15)12(9-13)5-6-12/h10H,2-8H2,1H3. The molecular formula is C12H18N2O. The van der Waals surface area contributed by atoms with Gasteiger partial charge in [-0.2, -0.15) is 5.26 Å². The summed E-state index contributed by atoms with van der Waals surface area (Å²) in [6.45, 7) is 3.91. The highest BCUT2D eigenvalue weighted by Crippen LogP contribution is 2.47. The molecular weight excluding hydrogens is 188 g/mol. The third kappa shape index (κ3) is 1.86. The molecule has 0 bridgehead atoms. The van der Waals surface area contributed by atoms with Crippen molar-refractivity contribution >= 4 is 5.91 Å². The molecule has 2 rings (SSSR count). The van der Waals surface area contributed by atoms with E-state index in [2.05, 4.69) is 13.0 Å². The second-order valence-corrected chi connectivity index (χ2v) is 4.86. The summed E-state index contributed by atoms with van der Waals surface area (Å²) >= 11 is 0. The van der Waals surface area contributed by atoms with Gasteiger partial charge < -0.3 is 4.90 Å². The molecule has 15 heavy (non-hydrogen) atoms. The molecule has 2 fully saturated rings. The number of hydrogen-bond acceptors (Lipinski definition) is 2. The SMILES string of the molecule is CCC1CCCN(C(=O)C2(C#N)CC2)C1. The minimum atomic E-state index is -0.615. The highest BCUT2D eigenvalue weighted by molar-refractivity contribution is 5.88. The number of nitriles is 1. The Morgan fingerprint density at radius 3 is 2.87 bits per heavy atom. The molecule has 1 unspecified atom stereocenters. The van der Waals surface area contributed by atoms with Crippen LogP contribution in [0.25, 0.3) is 0 Å². The van der Waals surface area contributed by atoms with Crippen molar-refractivity contribution in [2.45, 2.75) is 39.0 Å². The fourth-order valence-electron chi connectivity index (χ4n) is 2.38. The van der Waals surface area contributed by atoms with Gasteiger partial charge in [0.2, 0.25) is 5.91 Å². The molecule has 0 aromatic rings. The van der Waals surface area contributed by atoms with Crippen LogP contribution in [0.15, 0.2) is 0 Å². The van der Waals surface area contributed by atoms with Crippen molar-refractivity contribution in [2.24, 2.45) is 11.3 Å². The van der Waals surface area contributed by atoms with Gasteiger partial charge in [0.25, 0.3) is 0 Å². The molecule has 1 heterocycles. The zero-order valence-electron chi connectivity index (χ0n) is 9.33. The molecule has 1 saturated heterocycles. The molecule has 3 nitrogen and oxygen atoms in total. The maximum Gasteiger partial charge on any atom is 0.243 e. The van der Waals surface area contributed by atoms with Gasteiger partial charge in [-0.15, -0.1) is 0 Å². The van der Waals surface area contributed by atoms with Crippen LogP contribution in [0, 0.1) is 22.7 Å². The molecule has 0 radical (unpaired) electrons. The number of amides is 1. The van der Waals surface area contributed by atoms with E-state index in [9.17, 15) is 4.79 Å². The average Bonchev–Trinajstić information content (AvgIpc) is 3.09. The number of piperidine rings is 1. The van der Waals surface area contributed by atoms with Gasteiger partial charge in [0.05, 0.1) is 6.07 Å². The highest BCUT2D eigenvalue weighted by atomic mass is 16.2. The summed E-state index contributed by atoms with van der Waals surface area (Å²) in [5.41, 5.74) is -0.615. The van der Waals surface area contributed by atoms with Crippen molar-refractivity contribution in [3.05, 3.63) is 0 Å². The van der Waals surface area contributed by atoms with Crippen molar-refractivity contribution in [3.8, 4) is 6.07 Å². The summed E-state index contributed by atoms with van der Waals surface area (Å²) in [4.78, 5) is 14.0. The molecule has 1 aliphatic heterocycles. The Morgan fingerprint density at radius 2 is 2.33 bits per heavy atom. The van der Waals surface area contributed by atoms with Gasteiger partial charge in [0.1, 0.15) is 5.41 Å². The first-order chi connectivity index (χ1) is 7.22. The van der Waals surface area contributed by atoms with E-state index in [1.807, 2.05) is 4.90 Å². The first kappa shape index (κ1) is 10.5. The molecule has 82 valence electrons. The summed E-state index contributed by atoms with van der Waals surface area (Å²) < 4.78 is 0. The van der Waals surface area contributed by atoms with Gasteiger partial charge in [0, 0.05) is 13.1 Å². The van der Waals surface area contributed by atoms with Crippen LogP contribution in [0.1, 0.15) is 39.0 Å². The summed E-state index contributed by atoms with van der Waals surface area (Å²) in [6.07, 6.45) is 5.03. The minimum Gasteiger partial charge on any atom is -0.341 e. The highest BCUT2D eigenvalue weighted by Gasteiger charge is 2.52. The van der Waals surface area contributed by atoms with E-state index in [1.165, 1.54) is 6.42 Å². The van der Waals surface area contributed by atoms with E-state index >= 15 is 0 Å². The molecule has 0 aromatic carbocycles. The molecule has 1 saturated carbocycles. The minimum absolute atomic E-state index is 0.100. The Kier molecular flexibility index (Phi) is 2.68. The quantitative estimate of drug-likeness (QED) is 0.693. The largest absolute Gasteiger partial charge is 0.341 e. The van der Waals surface area contributed by atoms with E-state index in [0.717, 1.165) is 38.8 Å². The summed E-state index contributed by atoms with van der Waals surface area (Å²) in [5, 5.41) is 8.98. The van der Waals surface area contributed by atoms with E-state index in [4.69, 9.17) is 5.26 Å². The summed E-state index contributed by atoms with van der Waals surface area (Å²) in [7, 11) is 0. The van der Waals surface area contributed by atoms with Crippen LogP contribution in [-0.4, -0.2) is 23.9 Å². The third-order valence-corrected chi connectivity index (χ3v) is 3.76. The first-order valence-corrected chi connectivity index (χ1v) is 5.92. The fourth-order valence-corrected chi connectivity index (χ4v) is 2.38. The monoisotopic (exact) mass is 206 g/mol. The van der Waals surface area contributed by atoms with E-state index in [1.54, 1.807) is 0 Å². The molecule has 1 atom stereocenters. The topological polar surface area (TPSA) is 44.1 Å². The maximum atomic E-state index is 12.1. The predicted octanol–water partition coefficient (Wildman–Crippen LogP) is 1.94. The van der Waals surface area contributed by atoms with Crippen LogP contribution in [0.3, 0.4) is 0 Å². The average molecular weight is 206 g/mol. The van der Waals surface area contributed by atoms with Gasteiger partial charge in [-0.3, -0.25) is 4.79 Å². The van der Waals surface area contributed by atoms with Gasteiger partial charge in [-0.05, 0) is 31.6 Å². The van der Waals surface area contributed by atoms with Crippen LogP contribution >= 0.6 is 0 Å². The molecule has 0 aromatic heterocycles. The third-order valence-electron chi connectivity index (χ3n) is 3.76. The van der Waals surface area contributed by atoms with Crippen molar-refractivity contribution in [1.82, 2.24) is 4.90 Å². The molecule has 0 N–H and O–H groups in total. The van der Waals surface area contributed by atoms with Crippen molar-refractivity contribution in [2.75, 3.05) is 13.1 Å². The fraction of sp³-hybridized carbons (Fsp3) is 0.833. The normalized spacial score (nSPS) is 28.3. The Bertz CT molecular complexity index is 301. The van der Waals surface area contributed by atoms with Gasteiger partial charge in [-0.1, -0.05) is 13.3 Å². The lowest BCUT2D eigenvalue weighted by Crippen LogP contribution is -2.43. The number of carbonyl (C=O) groups is 1. The number of carbonyl (C=O) groups excluding carboxylic acids is 1. The van der Waals surface area contributed by atoms with Crippen LogP contribution in [-0.2, 0) is 4.79 Å². The van der Waals surface area contributed by atoms with E-state index in [0.29, 0.717) is 5.92 Å². The lowest BCUT2D eigenvalue weighted by atomic mass is 9.94. The summed E-state index contributed by atoms with van der Waals surface area (Å²) in [6, 6.07) is 2.19. The number of likely N-dealkylation sites (tertiary alicyclic amines) is 1. The number of nitrogens with zero attached hydrogens (tertiary/aromatic N) is 2. The predicted molar refractivity (Wildman–Crippen MR) is 56.9 cm³/mol. The van der Waals surface area contributed by atoms with Crippen LogP contribution in [0.4, 0.5) is 0 Å². The first-order valence-electron chi connectivity index (χ1n) is 5.92. The number of hydrogen-bond donors (Lipinski definition) is 0. The van der Waals surface area contributed by atoms with Crippen molar-refractivity contribution in [1.29, 1.82) is 5.26 Å². The molecule has 2 aliphatic rings. The molecule has 1 aliphatic carbocycles. The van der Waals surface area contributed by atoms with E-state index in [-0.39, 0.29) is 5.91 Å². The molecule has 3 heteroatoms. The zero-order valence-corrected chi connectivity index (χ0v) is 9.33. The smallest absolute Gasteiger partial charge is 0.243 e. The Balaban J connectivity index is 1.99. The van der Waals surface area contributed by atoms with Crippen LogP contribution in [0.5, 0.6) is 0 Å². The van der Waals surface area contributed by atoms with Gasteiger partial charge >= 0.3 is 0 Å². The maximum absolute atomic E-state index is 12.1. The molecule has 0 spiro atoms. The van der Waals surface area contributed by atoms with Crippen molar-refractivity contribution in [3.63, 3.8) is 0 Å².